The van der Waals surface area contributed by atoms with E-state index in [1.165, 1.54) is 37.5 Å². The molecular weight excluding hydrogens is 747 g/mol. The van der Waals surface area contributed by atoms with Gasteiger partial charge >= 0.3 is 0 Å². The van der Waals surface area contributed by atoms with Crippen LogP contribution in [0, 0.1) is 0 Å². The number of hydrogen-bond acceptors (Lipinski definition) is 9. The van der Waals surface area contributed by atoms with Crippen LogP contribution in [0.3, 0.4) is 0 Å². The molecule has 0 bridgehead atoms. The molecule has 0 atom stereocenters. The summed E-state index contributed by atoms with van der Waals surface area (Å²) in [5, 5.41) is 11.6. The molecule has 13 nitrogen and oxygen atoms in total. The maximum absolute atomic E-state index is 13.7. The van der Waals surface area contributed by atoms with E-state index in [0.29, 0.717) is 30.0 Å². The Hall–Kier alpha value is -7.51. The zero-order chi connectivity index (χ0) is 40.9. The Labute approximate surface area is 339 Å². The van der Waals surface area contributed by atoms with Gasteiger partial charge in [0, 0.05) is 68.8 Å². The highest BCUT2D eigenvalue weighted by Gasteiger charge is 2.21. The zero-order valence-corrected chi connectivity index (χ0v) is 32.7. The zero-order valence-electron chi connectivity index (χ0n) is 32.7. The number of hydrogen-bond donors (Lipinski definition) is 2. The Kier molecular flexibility index (Phi) is 11.0. The number of carbonyl (C=O) groups excluding carboxylic acids is 2. The second-order valence-electron chi connectivity index (χ2n) is 14.1. The molecule has 0 radical (unpaired) electrons. The van der Waals surface area contributed by atoms with E-state index in [0.717, 1.165) is 40.3 Å². The van der Waals surface area contributed by atoms with Gasteiger partial charge in [-0.1, -0.05) is 54.6 Å². The van der Waals surface area contributed by atoms with Gasteiger partial charge in [-0.2, -0.15) is 5.10 Å². The van der Waals surface area contributed by atoms with E-state index in [2.05, 4.69) is 80.2 Å². The van der Waals surface area contributed by atoms with Crippen LogP contribution in [0.15, 0.2) is 143 Å². The van der Waals surface area contributed by atoms with E-state index >= 15 is 0 Å². The van der Waals surface area contributed by atoms with Crippen LogP contribution in [0.4, 0.5) is 5.69 Å². The summed E-state index contributed by atoms with van der Waals surface area (Å²) < 4.78 is 20.5. The van der Waals surface area contributed by atoms with Gasteiger partial charge in [-0.15, -0.1) is 0 Å². The van der Waals surface area contributed by atoms with Gasteiger partial charge in [0.25, 0.3) is 11.8 Å². The molecule has 3 aromatic heterocycles. The van der Waals surface area contributed by atoms with E-state index in [1.54, 1.807) is 36.8 Å². The molecule has 0 unspecified atom stereocenters. The fourth-order valence-electron chi connectivity index (χ4n) is 7.09. The third-order valence-corrected chi connectivity index (χ3v) is 10.1. The topological polar surface area (TPSA) is 146 Å². The van der Waals surface area contributed by atoms with E-state index in [4.69, 9.17) is 13.9 Å². The molecule has 59 heavy (non-hydrogen) atoms. The first-order valence-corrected chi connectivity index (χ1v) is 18.9. The molecule has 8 aromatic rings. The van der Waals surface area contributed by atoms with Gasteiger partial charge in [-0.25, -0.2) is 4.98 Å². The molecule has 0 fully saturated rings. The monoisotopic (exact) mass is 787 g/mol. The number of aryl methyl sites for hydroxylation is 1. The molecule has 0 aliphatic rings. The van der Waals surface area contributed by atoms with Gasteiger partial charge in [0.05, 0.1) is 48.9 Å². The van der Waals surface area contributed by atoms with Crippen molar-refractivity contribution in [3.8, 4) is 17.2 Å². The second kappa shape index (κ2) is 16.9. The Morgan fingerprint density at radius 3 is 2.29 bits per heavy atom. The minimum absolute atomic E-state index is 0.132. The molecular formula is C46H41N7O6. The smallest absolute Gasteiger partial charge is 0.291 e. The van der Waals surface area contributed by atoms with Gasteiger partial charge in [-0.05, 0) is 64.7 Å². The maximum Gasteiger partial charge on any atom is 0.291 e. The number of anilines is 1. The van der Waals surface area contributed by atoms with Crippen molar-refractivity contribution in [3.63, 3.8) is 0 Å². The molecule has 3 heterocycles. The quantitative estimate of drug-likeness (QED) is 0.116. The van der Waals surface area contributed by atoms with Crippen LogP contribution in [0.1, 0.15) is 43.2 Å². The van der Waals surface area contributed by atoms with E-state index in [-0.39, 0.29) is 34.6 Å². The maximum atomic E-state index is 13.7. The minimum atomic E-state index is -0.706. The average Bonchev–Trinajstić information content (AvgIpc) is 3.93. The molecule has 2 N–H and O–H groups in total. The summed E-state index contributed by atoms with van der Waals surface area (Å²) in [6.07, 6.45) is 7.39. The van der Waals surface area contributed by atoms with Crippen LogP contribution < -0.4 is 25.5 Å². The first-order valence-electron chi connectivity index (χ1n) is 18.9. The summed E-state index contributed by atoms with van der Waals surface area (Å²) in [7, 11) is 4.86. The summed E-state index contributed by atoms with van der Waals surface area (Å²) >= 11 is 0. The van der Waals surface area contributed by atoms with Gasteiger partial charge in [-0.3, -0.25) is 24.0 Å². The summed E-state index contributed by atoms with van der Waals surface area (Å²) in [5.41, 5.74) is 6.67. The molecule has 8 rings (SSSR count). The van der Waals surface area contributed by atoms with E-state index in [1.807, 2.05) is 40.8 Å². The number of amides is 2. The van der Waals surface area contributed by atoms with Gasteiger partial charge in [0.15, 0.2) is 22.7 Å². The summed E-state index contributed by atoms with van der Waals surface area (Å²) in [6.45, 7) is 2.33. The first kappa shape index (κ1) is 38.4. The highest BCUT2D eigenvalue weighted by molar-refractivity contribution is 6.08. The predicted octanol–water partition coefficient (Wildman–Crippen LogP) is 7.27. The fourth-order valence-corrected chi connectivity index (χ4v) is 7.09. The van der Waals surface area contributed by atoms with Crippen molar-refractivity contribution in [2.75, 3.05) is 19.5 Å². The number of benzene rings is 5. The van der Waals surface area contributed by atoms with Crippen molar-refractivity contribution in [1.29, 1.82) is 0 Å². The number of para-hydroxylation sites is 1. The summed E-state index contributed by atoms with van der Waals surface area (Å²) in [6, 6.07) is 33.8. The first-order chi connectivity index (χ1) is 28.7. The number of imidazole rings is 1. The Morgan fingerprint density at radius 1 is 0.780 bits per heavy atom. The average molecular weight is 788 g/mol. The molecule has 0 saturated heterocycles. The Morgan fingerprint density at radius 2 is 1.51 bits per heavy atom. The van der Waals surface area contributed by atoms with E-state index in [9.17, 15) is 14.4 Å². The Balaban J connectivity index is 0.981. The summed E-state index contributed by atoms with van der Waals surface area (Å²) in [5.74, 6) is -0.767. The van der Waals surface area contributed by atoms with Gasteiger partial charge in [0.1, 0.15) is 5.58 Å². The van der Waals surface area contributed by atoms with Crippen LogP contribution in [0.5, 0.6) is 11.5 Å². The molecule has 13 heteroatoms. The molecule has 0 saturated carbocycles. The number of nitrogens with zero attached hydrogens (tertiary/aromatic N) is 5. The normalized spacial score (nSPS) is 11.3. The number of carbonyl (C=O) groups is 2. The predicted molar refractivity (Wildman–Crippen MR) is 225 cm³/mol. The number of methoxy groups -OCH3 is 2. The lowest BCUT2D eigenvalue weighted by atomic mass is 10.1. The number of fused-ring (bicyclic) bond motifs is 2. The molecule has 5 aromatic carbocycles. The number of ether oxygens (including phenoxy) is 2. The van der Waals surface area contributed by atoms with Crippen LogP contribution in [0.25, 0.3) is 27.6 Å². The number of aromatic nitrogens is 4. The molecule has 2 amide bonds. The van der Waals surface area contributed by atoms with Crippen molar-refractivity contribution < 1.29 is 23.5 Å². The lowest BCUT2D eigenvalue weighted by Crippen LogP contribution is -2.25. The lowest BCUT2D eigenvalue weighted by molar-refractivity contribution is 0.0951. The standard InChI is InChI=1S/C46H41N7O6/c1-51-39-16-15-33(19-34(39)25-49-51)28-52(27-32-7-6-8-35(20-32)53-18-17-47-29-53)26-31-13-11-30(12-14-31)24-48-45(55)37-21-42(57-2)43(58-3)22-38(37)50-46(56)44-23-40(54)36-9-4-5-10-41(36)59-44/h4-23,25,29H,24,26-28H2,1-3H3,(H,48,55)(H,50,56). The third kappa shape index (κ3) is 8.60. The van der Waals surface area contributed by atoms with Crippen molar-refractivity contribution in [2.24, 2.45) is 7.05 Å². The third-order valence-electron chi connectivity index (χ3n) is 10.1. The molecule has 0 aliphatic heterocycles. The van der Waals surface area contributed by atoms with Crippen molar-refractivity contribution in [3.05, 3.63) is 178 Å². The SMILES string of the molecule is COc1cc(NC(=O)c2cc(=O)c3ccccc3o2)c(C(=O)NCc2ccc(CN(Cc3cccc(-n4ccnc4)c3)Cc3ccc4c(cnn4C)c3)cc2)cc1OC. The van der Waals surface area contributed by atoms with Gasteiger partial charge in [0.2, 0.25) is 0 Å². The fraction of sp³-hybridized carbons (Fsp3) is 0.152. The summed E-state index contributed by atoms with van der Waals surface area (Å²) in [4.78, 5) is 46.4. The second-order valence-corrected chi connectivity index (χ2v) is 14.1. The van der Waals surface area contributed by atoms with Crippen LogP contribution in [-0.4, -0.2) is 50.3 Å². The molecule has 296 valence electrons. The van der Waals surface area contributed by atoms with Crippen LogP contribution in [-0.2, 0) is 33.2 Å². The molecule has 0 aliphatic carbocycles. The number of nitrogens with one attached hydrogen (secondary N) is 2. The van der Waals surface area contributed by atoms with Crippen molar-refractivity contribution in [2.45, 2.75) is 26.2 Å². The Bertz CT molecular complexity index is 2850. The highest BCUT2D eigenvalue weighted by Crippen LogP contribution is 2.34. The van der Waals surface area contributed by atoms with Crippen LogP contribution in [0.2, 0.25) is 0 Å². The highest BCUT2D eigenvalue weighted by atomic mass is 16.5. The van der Waals surface area contributed by atoms with Crippen molar-refractivity contribution >= 4 is 39.4 Å². The van der Waals surface area contributed by atoms with E-state index < -0.39 is 11.8 Å². The number of rotatable bonds is 14. The van der Waals surface area contributed by atoms with Gasteiger partial charge < -0.3 is 29.1 Å². The minimum Gasteiger partial charge on any atom is -0.493 e. The lowest BCUT2D eigenvalue weighted by Gasteiger charge is -2.23. The largest absolute Gasteiger partial charge is 0.493 e. The van der Waals surface area contributed by atoms with Crippen molar-refractivity contribution in [1.82, 2.24) is 29.5 Å². The van der Waals surface area contributed by atoms with Crippen LogP contribution >= 0.6 is 0 Å². The molecule has 0 spiro atoms.